The molecule has 0 aliphatic rings. The highest BCUT2D eigenvalue weighted by molar-refractivity contribution is 5.75. The smallest absolute Gasteiger partial charge is 0.219 e. The predicted octanol–water partition coefficient (Wildman–Crippen LogP) is 7.99. The lowest BCUT2D eigenvalue weighted by molar-refractivity contribution is -0.121. The number of hydrogen-bond donors (Lipinski definition) is 1. The lowest BCUT2D eigenvalue weighted by Crippen LogP contribution is -2.23. The Kier molecular flexibility index (Phi) is 22.7. The summed E-state index contributed by atoms with van der Waals surface area (Å²) >= 11 is 0. The minimum atomic E-state index is 0.219. The van der Waals surface area contributed by atoms with Gasteiger partial charge in [-0.1, -0.05) is 93.9 Å². The number of nitrogens with one attached hydrogen (secondary N) is 1. The number of allylic oxidation sites excluding steroid dienone is 10. The van der Waals surface area contributed by atoms with Crippen molar-refractivity contribution in [1.82, 2.24) is 5.32 Å². The molecule has 0 aromatic heterocycles. The third-order valence-corrected chi connectivity index (χ3v) is 4.53. The van der Waals surface area contributed by atoms with Crippen molar-refractivity contribution in [2.75, 3.05) is 6.54 Å². The fourth-order valence-electron chi connectivity index (χ4n) is 2.78. The fourth-order valence-corrected chi connectivity index (χ4v) is 2.78. The lowest BCUT2D eigenvalue weighted by atomic mass is 10.1. The second kappa shape index (κ2) is 24.2. The van der Waals surface area contributed by atoms with Crippen LogP contribution in [0.3, 0.4) is 0 Å². The molecule has 164 valence electrons. The second-order valence-electron chi connectivity index (χ2n) is 7.36. The molecular weight excluding hydrogens is 354 g/mol. The minimum Gasteiger partial charge on any atom is -0.356 e. The summed E-state index contributed by atoms with van der Waals surface area (Å²) in [6.45, 7) is 5.18. The molecular formula is C27H45NO. The molecule has 0 spiro atoms. The molecule has 2 heteroatoms. The van der Waals surface area contributed by atoms with Crippen LogP contribution in [0, 0.1) is 0 Å². The summed E-state index contributed by atoms with van der Waals surface area (Å²) in [6.07, 6.45) is 36.1. The molecule has 0 aromatic carbocycles. The Labute approximate surface area is 180 Å². The van der Waals surface area contributed by atoms with Crippen molar-refractivity contribution in [3.63, 3.8) is 0 Å². The summed E-state index contributed by atoms with van der Waals surface area (Å²) in [4.78, 5) is 11.6. The summed E-state index contributed by atoms with van der Waals surface area (Å²) in [5.74, 6) is 0.219. The van der Waals surface area contributed by atoms with Gasteiger partial charge in [0.05, 0.1) is 0 Å². The van der Waals surface area contributed by atoms with Gasteiger partial charge < -0.3 is 5.32 Å². The van der Waals surface area contributed by atoms with Gasteiger partial charge in [-0.15, -0.1) is 0 Å². The highest BCUT2D eigenvalue weighted by Gasteiger charge is 1.99. The van der Waals surface area contributed by atoms with Crippen LogP contribution in [0.5, 0.6) is 0 Å². The van der Waals surface area contributed by atoms with Crippen molar-refractivity contribution in [1.29, 1.82) is 0 Å². The monoisotopic (exact) mass is 399 g/mol. The van der Waals surface area contributed by atoms with Gasteiger partial charge in [-0.25, -0.2) is 0 Å². The van der Waals surface area contributed by atoms with Crippen LogP contribution >= 0.6 is 0 Å². The van der Waals surface area contributed by atoms with E-state index < -0.39 is 0 Å². The van der Waals surface area contributed by atoms with Gasteiger partial charge in [-0.2, -0.15) is 0 Å². The maximum atomic E-state index is 11.6. The minimum absolute atomic E-state index is 0.219. The average Bonchev–Trinajstić information content (AvgIpc) is 2.73. The van der Waals surface area contributed by atoms with Crippen molar-refractivity contribution < 1.29 is 4.79 Å². The first-order valence-electron chi connectivity index (χ1n) is 11.8. The molecule has 0 rings (SSSR count). The van der Waals surface area contributed by atoms with Crippen LogP contribution in [-0.4, -0.2) is 12.5 Å². The number of unbranched alkanes of at least 4 members (excludes halogenated alkanes) is 5. The largest absolute Gasteiger partial charge is 0.356 e. The van der Waals surface area contributed by atoms with E-state index in [1.54, 1.807) is 0 Å². The van der Waals surface area contributed by atoms with Crippen LogP contribution in [0.25, 0.3) is 0 Å². The highest BCUT2D eigenvalue weighted by atomic mass is 16.1. The molecule has 0 fully saturated rings. The fraction of sp³-hybridized carbons (Fsp3) is 0.593. The number of carbonyl (C=O) groups is 1. The molecule has 2 nitrogen and oxygen atoms in total. The van der Waals surface area contributed by atoms with Crippen molar-refractivity contribution in [2.24, 2.45) is 0 Å². The van der Waals surface area contributed by atoms with E-state index in [0.29, 0.717) is 6.42 Å². The van der Waals surface area contributed by atoms with E-state index in [9.17, 15) is 4.79 Å². The maximum Gasteiger partial charge on any atom is 0.219 e. The van der Waals surface area contributed by atoms with Gasteiger partial charge in [0.2, 0.25) is 5.91 Å². The van der Waals surface area contributed by atoms with E-state index in [-0.39, 0.29) is 5.91 Å². The summed E-state index contributed by atoms with van der Waals surface area (Å²) in [5.41, 5.74) is 0. The van der Waals surface area contributed by atoms with Gasteiger partial charge >= 0.3 is 0 Å². The van der Waals surface area contributed by atoms with Crippen LogP contribution in [0.2, 0.25) is 0 Å². The standard InChI is InChI=1S/C27H45NO/c1-3-5-7-8-9-10-11-12-13-14-15-16-17-18-19-20-21-22-23-25-27(29)28-26-24-6-4-2/h5,7,9-10,12-13,15-16,18-19H,3-4,6,8,11,14,17,20-26H2,1-2H3,(H,28,29)/b7-5-,10-9-,13-12-,16-15-,19-18-. The molecule has 0 bridgehead atoms. The Morgan fingerprint density at radius 2 is 1.17 bits per heavy atom. The van der Waals surface area contributed by atoms with E-state index in [2.05, 4.69) is 79.9 Å². The molecule has 0 aliphatic heterocycles. The van der Waals surface area contributed by atoms with E-state index in [4.69, 9.17) is 0 Å². The van der Waals surface area contributed by atoms with Gasteiger partial charge in [0.15, 0.2) is 0 Å². The molecule has 29 heavy (non-hydrogen) atoms. The number of rotatable bonds is 19. The maximum absolute atomic E-state index is 11.6. The molecule has 1 N–H and O–H groups in total. The molecule has 0 saturated heterocycles. The van der Waals surface area contributed by atoms with Crippen molar-refractivity contribution in [3.05, 3.63) is 60.8 Å². The van der Waals surface area contributed by atoms with Crippen molar-refractivity contribution >= 4 is 5.91 Å². The third-order valence-electron chi connectivity index (χ3n) is 4.53. The molecule has 0 saturated carbocycles. The van der Waals surface area contributed by atoms with Crippen LogP contribution in [0.15, 0.2) is 60.8 Å². The van der Waals surface area contributed by atoms with Crippen LogP contribution in [0.1, 0.15) is 97.3 Å². The Hall–Kier alpha value is -1.83. The van der Waals surface area contributed by atoms with Crippen molar-refractivity contribution in [3.8, 4) is 0 Å². The summed E-state index contributed by atoms with van der Waals surface area (Å²) in [5, 5.41) is 3.01. The third kappa shape index (κ3) is 24.1. The molecule has 0 heterocycles. The Morgan fingerprint density at radius 3 is 1.72 bits per heavy atom. The zero-order valence-electron chi connectivity index (χ0n) is 19.1. The lowest BCUT2D eigenvalue weighted by Gasteiger charge is -2.04. The van der Waals surface area contributed by atoms with Crippen LogP contribution in [-0.2, 0) is 4.79 Å². The molecule has 0 unspecified atom stereocenters. The predicted molar refractivity (Wildman–Crippen MR) is 130 cm³/mol. The quantitative estimate of drug-likeness (QED) is 0.173. The molecule has 0 radical (unpaired) electrons. The summed E-state index contributed by atoms with van der Waals surface area (Å²) in [6, 6.07) is 0. The topological polar surface area (TPSA) is 29.1 Å². The van der Waals surface area contributed by atoms with Crippen LogP contribution in [0.4, 0.5) is 0 Å². The zero-order chi connectivity index (χ0) is 21.3. The van der Waals surface area contributed by atoms with Crippen LogP contribution < -0.4 is 5.32 Å². The number of hydrogen-bond acceptors (Lipinski definition) is 1. The van der Waals surface area contributed by atoms with E-state index in [1.165, 1.54) is 19.3 Å². The molecule has 1 amide bonds. The number of carbonyl (C=O) groups excluding carboxylic acids is 1. The van der Waals surface area contributed by atoms with E-state index >= 15 is 0 Å². The van der Waals surface area contributed by atoms with Gasteiger partial charge in [-0.05, 0) is 57.8 Å². The van der Waals surface area contributed by atoms with E-state index in [0.717, 1.165) is 64.3 Å². The first-order chi connectivity index (χ1) is 14.3. The highest BCUT2D eigenvalue weighted by Crippen LogP contribution is 2.04. The Bertz CT molecular complexity index is 497. The molecule has 0 atom stereocenters. The van der Waals surface area contributed by atoms with Gasteiger partial charge in [0.25, 0.3) is 0 Å². The van der Waals surface area contributed by atoms with E-state index in [1.807, 2.05) is 0 Å². The normalized spacial score (nSPS) is 12.5. The van der Waals surface area contributed by atoms with Gasteiger partial charge in [0.1, 0.15) is 0 Å². The molecule has 0 aromatic rings. The van der Waals surface area contributed by atoms with Gasteiger partial charge in [0, 0.05) is 13.0 Å². The summed E-state index contributed by atoms with van der Waals surface area (Å²) < 4.78 is 0. The molecule has 0 aliphatic carbocycles. The first-order valence-corrected chi connectivity index (χ1v) is 11.8. The Balaban J connectivity index is 3.43. The summed E-state index contributed by atoms with van der Waals surface area (Å²) in [7, 11) is 0. The SMILES string of the molecule is CC/C=C\C/C=C\C/C=C\C/C=C\C/C=C\CCCCCC(=O)NCCCCC. The zero-order valence-corrected chi connectivity index (χ0v) is 19.1. The Morgan fingerprint density at radius 1 is 0.621 bits per heavy atom. The average molecular weight is 400 g/mol. The second-order valence-corrected chi connectivity index (χ2v) is 7.36. The van der Waals surface area contributed by atoms with Gasteiger partial charge in [-0.3, -0.25) is 4.79 Å². The number of amides is 1. The first kappa shape index (κ1) is 27.2. The van der Waals surface area contributed by atoms with Crippen molar-refractivity contribution in [2.45, 2.75) is 97.3 Å².